The predicted octanol–water partition coefficient (Wildman–Crippen LogP) is 6.45. The Morgan fingerprint density at radius 1 is 0.706 bits per heavy atom. The molecule has 104 valence electrons. The highest BCUT2D eigenvalue weighted by molar-refractivity contribution is 4.68. The van der Waals surface area contributed by atoms with E-state index >= 15 is 0 Å². The first-order chi connectivity index (χ1) is 8.15. The van der Waals surface area contributed by atoms with Crippen molar-refractivity contribution >= 4 is 0 Å². The van der Waals surface area contributed by atoms with Crippen molar-refractivity contribution in [1.82, 2.24) is 0 Å². The fourth-order valence-corrected chi connectivity index (χ4v) is 2.63. The van der Waals surface area contributed by atoms with Gasteiger partial charge in [-0.15, -0.1) is 0 Å². The van der Waals surface area contributed by atoms with Crippen molar-refractivity contribution < 1.29 is 0 Å². The smallest absolute Gasteiger partial charge is 0.0388 e. The Labute approximate surface area is 111 Å². The SMILES string of the molecule is CCCCC(CCCC)C(C)CCC(C)CC. The van der Waals surface area contributed by atoms with E-state index in [1.54, 1.807) is 0 Å². The van der Waals surface area contributed by atoms with Crippen LogP contribution in [0.1, 0.15) is 92.4 Å². The van der Waals surface area contributed by atoms with Crippen molar-refractivity contribution in [3.8, 4) is 0 Å². The molecule has 2 unspecified atom stereocenters. The van der Waals surface area contributed by atoms with E-state index < -0.39 is 0 Å². The number of hydrogen-bond donors (Lipinski definition) is 0. The lowest BCUT2D eigenvalue weighted by Gasteiger charge is -2.25. The van der Waals surface area contributed by atoms with E-state index in [4.69, 9.17) is 0 Å². The summed E-state index contributed by atoms with van der Waals surface area (Å²) in [4.78, 5) is 0. The molecule has 0 amide bonds. The van der Waals surface area contributed by atoms with E-state index in [1.807, 2.05) is 0 Å². The van der Waals surface area contributed by atoms with E-state index in [0.29, 0.717) is 0 Å². The molecule has 0 radical (unpaired) electrons. The zero-order chi connectivity index (χ0) is 13.1. The van der Waals surface area contributed by atoms with Gasteiger partial charge in [0.2, 0.25) is 0 Å². The highest BCUT2D eigenvalue weighted by Gasteiger charge is 2.16. The summed E-state index contributed by atoms with van der Waals surface area (Å²) in [6.07, 6.45) is 12.8. The minimum atomic E-state index is 0.926. The minimum absolute atomic E-state index is 0.926. The average Bonchev–Trinajstić information content (AvgIpc) is 2.35. The highest BCUT2D eigenvalue weighted by Crippen LogP contribution is 2.29. The van der Waals surface area contributed by atoms with E-state index in [1.165, 1.54) is 57.8 Å². The first-order valence-corrected chi connectivity index (χ1v) is 8.15. The zero-order valence-electron chi connectivity index (χ0n) is 13.1. The Morgan fingerprint density at radius 2 is 1.24 bits per heavy atom. The largest absolute Gasteiger partial charge is 0.0654 e. The van der Waals surface area contributed by atoms with Crippen molar-refractivity contribution in [2.45, 2.75) is 92.4 Å². The molecule has 0 saturated carbocycles. The van der Waals surface area contributed by atoms with Crippen molar-refractivity contribution in [3.63, 3.8) is 0 Å². The van der Waals surface area contributed by atoms with Gasteiger partial charge in [-0.3, -0.25) is 0 Å². The second-order valence-electron chi connectivity index (χ2n) is 6.11. The summed E-state index contributed by atoms with van der Waals surface area (Å²) in [5.41, 5.74) is 0. The molecular weight excluding hydrogens is 204 g/mol. The summed E-state index contributed by atoms with van der Waals surface area (Å²) >= 11 is 0. The van der Waals surface area contributed by atoms with Crippen molar-refractivity contribution in [2.75, 3.05) is 0 Å². The van der Waals surface area contributed by atoms with E-state index in [-0.39, 0.29) is 0 Å². The van der Waals surface area contributed by atoms with Crippen molar-refractivity contribution in [1.29, 1.82) is 0 Å². The van der Waals surface area contributed by atoms with Gasteiger partial charge in [-0.25, -0.2) is 0 Å². The van der Waals surface area contributed by atoms with Crippen LogP contribution >= 0.6 is 0 Å². The topological polar surface area (TPSA) is 0 Å². The lowest BCUT2D eigenvalue weighted by molar-refractivity contribution is 0.268. The fraction of sp³-hybridized carbons (Fsp3) is 1.00. The molecule has 0 heterocycles. The number of hydrogen-bond acceptors (Lipinski definition) is 0. The van der Waals surface area contributed by atoms with Crippen LogP contribution in [0.2, 0.25) is 0 Å². The maximum absolute atomic E-state index is 2.50. The second-order valence-corrected chi connectivity index (χ2v) is 6.11. The van der Waals surface area contributed by atoms with Crippen molar-refractivity contribution in [3.05, 3.63) is 0 Å². The Bertz CT molecular complexity index is 142. The van der Waals surface area contributed by atoms with Gasteiger partial charge < -0.3 is 0 Å². The van der Waals surface area contributed by atoms with Gasteiger partial charge in [0, 0.05) is 0 Å². The molecule has 0 bridgehead atoms. The molecule has 0 N–H and O–H groups in total. The molecule has 0 aromatic heterocycles. The van der Waals surface area contributed by atoms with Crippen LogP contribution in [0.4, 0.5) is 0 Å². The fourth-order valence-electron chi connectivity index (χ4n) is 2.63. The monoisotopic (exact) mass is 240 g/mol. The summed E-state index contributed by atoms with van der Waals surface area (Å²) in [6.45, 7) is 11.9. The number of rotatable bonds is 11. The van der Waals surface area contributed by atoms with Crippen LogP contribution in [0.15, 0.2) is 0 Å². The van der Waals surface area contributed by atoms with Crippen LogP contribution in [-0.2, 0) is 0 Å². The molecule has 0 aromatic carbocycles. The van der Waals surface area contributed by atoms with Crippen LogP contribution in [-0.4, -0.2) is 0 Å². The van der Waals surface area contributed by atoms with E-state index in [9.17, 15) is 0 Å². The average molecular weight is 240 g/mol. The summed E-state index contributed by atoms with van der Waals surface area (Å²) < 4.78 is 0. The summed E-state index contributed by atoms with van der Waals surface area (Å²) in [5.74, 6) is 2.87. The molecule has 0 spiro atoms. The van der Waals surface area contributed by atoms with Gasteiger partial charge >= 0.3 is 0 Å². The summed E-state index contributed by atoms with van der Waals surface area (Å²) in [7, 11) is 0. The molecule has 17 heavy (non-hydrogen) atoms. The molecule has 0 heteroatoms. The molecule has 0 aliphatic heterocycles. The quantitative estimate of drug-likeness (QED) is 0.389. The first kappa shape index (κ1) is 17.0. The second kappa shape index (κ2) is 11.1. The molecule has 0 fully saturated rings. The molecule has 0 aromatic rings. The predicted molar refractivity (Wildman–Crippen MR) is 80.4 cm³/mol. The van der Waals surface area contributed by atoms with E-state index in [0.717, 1.165) is 17.8 Å². The first-order valence-electron chi connectivity index (χ1n) is 8.15. The normalized spacial score (nSPS) is 15.2. The molecule has 0 aliphatic carbocycles. The maximum Gasteiger partial charge on any atom is -0.0388 e. The van der Waals surface area contributed by atoms with Crippen LogP contribution in [0.25, 0.3) is 0 Å². The lowest BCUT2D eigenvalue weighted by atomic mass is 9.81. The van der Waals surface area contributed by atoms with Gasteiger partial charge in [-0.1, -0.05) is 92.4 Å². The van der Waals surface area contributed by atoms with Crippen molar-refractivity contribution in [2.24, 2.45) is 17.8 Å². The van der Waals surface area contributed by atoms with Gasteiger partial charge in [-0.05, 0) is 17.8 Å². The Morgan fingerprint density at radius 3 is 1.65 bits per heavy atom. The van der Waals surface area contributed by atoms with Gasteiger partial charge in [0.25, 0.3) is 0 Å². The van der Waals surface area contributed by atoms with Crippen LogP contribution in [0.5, 0.6) is 0 Å². The van der Waals surface area contributed by atoms with Crippen LogP contribution in [0.3, 0.4) is 0 Å². The standard InChI is InChI=1S/C17H36/c1-6-9-11-17(12-10-7-2)16(5)14-13-15(4)8-3/h15-17H,6-14H2,1-5H3. The molecule has 0 nitrogen and oxygen atoms in total. The summed E-state index contributed by atoms with van der Waals surface area (Å²) in [5, 5.41) is 0. The zero-order valence-corrected chi connectivity index (χ0v) is 13.1. The van der Waals surface area contributed by atoms with Crippen LogP contribution < -0.4 is 0 Å². The molecular formula is C17H36. The third-order valence-corrected chi connectivity index (χ3v) is 4.47. The van der Waals surface area contributed by atoms with Gasteiger partial charge in [0.15, 0.2) is 0 Å². The third kappa shape index (κ3) is 8.69. The molecule has 0 rings (SSSR count). The minimum Gasteiger partial charge on any atom is -0.0654 e. The molecule has 2 atom stereocenters. The van der Waals surface area contributed by atoms with Gasteiger partial charge in [0.1, 0.15) is 0 Å². The maximum atomic E-state index is 2.50. The lowest BCUT2D eigenvalue weighted by Crippen LogP contribution is -2.13. The van der Waals surface area contributed by atoms with Gasteiger partial charge in [-0.2, -0.15) is 0 Å². The highest BCUT2D eigenvalue weighted by atomic mass is 14.2. The Hall–Kier alpha value is 0. The van der Waals surface area contributed by atoms with Crippen LogP contribution in [0, 0.1) is 17.8 Å². The Kier molecular flexibility index (Phi) is 11.1. The van der Waals surface area contributed by atoms with E-state index in [2.05, 4.69) is 34.6 Å². The summed E-state index contributed by atoms with van der Waals surface area (Å²) in [6, 6.07) is 0. The molecule has 0 saturated heterocycles. The van der Waals surface area contributed by atoms with Gasteiger partial charge in [0.05, 0.1) is 0 Å². The molecule has 0 aliphatic rings. The third-order valence-electron chi connectivity index (χ3n) is 4.47. The Balaban J connectivity index is 3.96. The number of unbranched alkanes of at least 4 members (excludes halogenated alkanes) is 2.